The second kappa shape index (κ2) is 6.53. The van der Waals surface area contributed by atoms with Crippen molar-refractivity contribution < 1.29 is 19.0 Å². The Morgan fingerprint density at radius 2 is 2.00 bits per heavy atom. The summed E-state index contributed by atoms with van der Waals surface area (Å²) in [7, 11) is 2.88. The van der Waals surface area contributed by atoms with Crippen LogP contribution in [0.15, 0.2) is 18.5 Å². The standard InChI is InChI=1S/C14H16N2O4S/c1-8(2)20-10-6-11(21-13(10)14(17)19-4)9-5-12(18-3)16-7-15-9/h5-8H,1-4H3. The molecule has 0 bridgehead atoms. The fourth-order valence-electron chi connectivity index (χ4n) is 1.66. The first-order valence-electron chi connectivity index (χ1n) is 6.30. The minimum absolute atomic E-state index is 0.0456. The predicted molar refractivity (Wildman–Crippen MR) is 79.0 cm³/mol. The third-order valence-corrected chi connectivity index (χ3v) is 3.65. The van der Waals surface area contributed by atoms with Crippen LogP contribution in [-0.2, 0) is 4.74 Å². The monoisotopic (exact) mass is 308 g/mol. The van der Waals surface area contributed by atoms with Gasteiger partial charge in [-0.15, -0.1) is 11.3 Å². The molecule has 0 aliphatic carbocycles. The van der Waals surface area contributed by atoms with Crippen LogP contribution in [0.1, 0.15) is 23.5 Å². The molecule has 0 fully saturated rings. The van der Waals surface area contributed by atoms with Crippen molar-refractivity contribution in [1.29, 1.82) is 0 Å². The number of carbonyl (C=O) groups is 1. The van der Waals surface area contributed by atoms with E-state index in [0.717, 1.165) is 4.88 Å². The lowest BCUT2D eigenvalue weighted by molar-refractivity contribution is 0.0600. The number of carbonyl (C=O) groups excluding carboxylic acids is 1. The first kappa shape index (κ1) is 15.2. The number of rotatable bonds is 5. The smallest absolute Gasteiger partial charge is 0.351 e. The lowest BCUT2D eigenvalue weighted by Crippen LogP contribution is -2.08. The zero-order valence-electron chi connectivity index (χ0n) is 12.2. The maximum Gasteiger partial charge on any atom is 0.351 e. The lowest BCUT2D eigenvalue weighted by atomic mass is 10.3. The molecule has 2 heterocycles. The molecule has 7 heteroatoms. The SMILES string of the molecule is COC(=O)c1sc(-c2cc(OC)ncn2)cc1OC(C)C. The first-order valence-corrected chi connectivity index (χ1v) is 7.12. The van der Waals surface area contributed by atoms with Gasteiger partial charge in [0.1, 0.15) is 12.1 Å². The van der Waals surface area contributed by atoms with E-state index in [4.69, 9.17) is 14.2 Å². The molecular weight excluding hydrogens is 292 g/mol. The van der Waals surface area contributed by atoms with Crippen molar-refractivity contribution in [3.05, 3.63) is 23.3 Å². The number of esters is 1. The van der Waals surface area contributed by atoms with Crippen LogP contribution >= 0.6 is 11.3 Å². The molecule has 6 nitrogen and oxygen atoms in total. The van der Waals surface area contributed by atoms with Gasteiger partial charge in [0.05, 0.1) is 30.9 Å². The van der Waals surface area contributed by atoms with Gasteiger partial charge in [-0.2, -0.15) is 0 Å². The van der Waals surface area contributed by atoms with Crippen molar-refractivity contribution in [1.82, 2.24) is 9.97 Å². The van der Waals surface area contributed by atoms with Gasteiger partial charge >= 0.3 is 5.97 Å². The maximum absolute atomic E-state index is 11.8. The summed E-state index contributed by atoms with van der Waals surface area (Å²) in [5, 5.41) is 0. The van der Waals surface area contributed by atoms with E-state index in [0.29, 0.717) is 22.2 Å². The molecule has 2 aromatic rings. The highest BCUT2D eigenvalue weighted by Crippen LogP contribution is 2.37. The molecule has 0 atom stereocenters. The van der Waals surface area contributed by atoms with Gasteiger partial charge in [0.2, 0.25) is 5.88 Å². The minimum atomic E-state index is -0.428. The summed E-state index contributed by atoms with van der Waals surface area (Å²) in [6, 6.07) is 3.48. The third-order valence-electron chi connectivity index (χ3n) is 2.54. The molecule has 0 unspecified atom stereocenters. The number of nitrogens with zero attached hydrogens (tertiary/aromatic N) is 2. The van der Waals surface area contributed by atoms with Crippen LogP contribution in [0.2, 0.25) is 0 Å². The Morgan fingerprint density at radius 3 is 2.62 bits per heavy atom. The summed E-state index contributed by atoms with van der Waals surface area (Å²) in [6.45, 7) is 3.79. The molecule has 0 aromatic carbocycles. The summed E-state index contributed by atoms with van der Waals surface area (Å²) in [4.78, 5) is 21.2. The Hall–Kier alpha value is -2.15. The minimum Gasteiger partial charge on any atom is -0.489 e. The van der Waals surface area contributed by atoms with Gasteiger partial charge in [-0.25, -0.2) is 14.8 Å². The van der Waals surface area contributed by atoms with Crippen LogP contribution in [0.25, 0.3) is 10.6 Å². The van der Waals surface area contributed by atoms with Gasteiger partial charge in [-0.1, -0.05) is 0 Å². The van der Waals surface area contributed by atoms with Crippen molar-refractivity contribution in [2.24, 2.45) is 0 Å². The van der Waals surface area contributed by atoms with Gasteiger partial charge < -0.3 is 14.2 Å². The summed E-state index contributed by atoms with van der Waals surface area (Å²) >= 11 is 1.26. The molecule has 0 aliphatic rings. The predicted octanol–water partition coefficient (Wildman–Crippen LogP) is 2.79. The molecule has 0 radical (unpaired) electrons. The van der Waals surface area contributed by atoms with E-state index in [-0.39, 0.29) is 6.10 Å². The largest absolute Gasteiger partial charge is 0.489 e. The Bertz CT molecular complexity index is 640. The molecule has 0 aliphatic heterocycles. The summed E-state index contributed by atoms with van der Waals surface area (Å²) in [5.74, 6) is 0.525. The van der Waals surface area contributed by atoms with E-state index in [9.17, 15) is 4.79 Å². The average molecular weight is 308 g/mol. The molecule has 21 heavy (non-hydrogen) atoms. The topological polar surface area (TPSA) is 70.5 Å². The molecule has 112 valence electrons. The summed E-state index contributed by atoms with van der Waals surface area (Å²) in [6.07, 6.45) is 1.37. The van der Waals surface area contributed by atoms with Crippen LogP contribution in [0, 0.1) is 0 Å². The molecule has 0 amide bonds. The van der Waals surface area contributed by atoms with Crippen LogP contribution < -0.4 is 9.47 Å². The van der Waals surface area contributed by atoms with E-state index in [2.05, 4.69) is 9.97 Å². The molecule has 0 saturated heterocycles. The van der Waals surface area contributed by atoms with Gasteiger partial charge in [-0.05, 0) is 13.8 Å². The highest BCUT2D eigenvalue weighted by molar-refractivity contribution is 7.17. The van der Waals surface area contributed by atoms with Gasteiger partial charge in [0.15, 0.2) is 4.88 Å². The lowest BCUT2D eigenvalue weighted by Gasteiger charge is -2.08. The van der Waals surface area contributed by atoms with Crippen LogP contribution in [0.4, 0.5) is 0 Å². The van der Waals surface area contributed by atoms with Crippen molar-refractivity contribution in [2.75, 3.05) is 14.2 Å². The fraction of sp³-hybridized carbons (Fsp3) is 0.357. The van der Waals surface area contributed by atoms with E-state index >= 15 is 0 Å². The van der Waals surface area contributed by atoms with Gasteiger partial charge in [0, 0.05) is 12.1 Å². The first-order chi connectivity index (χ1) is 10.0. The molecule has 2 rings (SSSR count). The zero-order valence-corrected chi connectivity index (χ0v) is 13.1. The summed E-state index contributed by atoms with van der Waals surface area (Å²) < 4.78 is 15.5. The van der Waals surface area contributed by atoms with Gasteiger partial charge in [0.25, 0.3) is 0 Å². The van der Waals surface area contributed by atoms with Crippen LogP contribution in [0.3, 0.4) is 0 Å². The average Bonchev–Trinajstić information content (AvgIpc) is 2.89. The molecule has 0 saturated carbocycles. The van der Waals surface area contributed by atoms with Crippen molar-refractivity contribution in [3.63, 3.8) is 0 Å². The second-order valence-electron chi connectivity index (χ2n) is 4.41. The Labute approximate surface area is 126 Å². The quantitative estimate of drug-likeness (QED) is 0.791. The van der Waals surface area contributed by atoms with E-state index in [1.165, 1.54) is 31.9 Å². The van der Waals surface area contributed by atoms with Gasteiger partial charge in [-0.3, -0.25) is 0 Å². The number of thiophene rings is 1. The summed E-state index contributed by atoms with van der Waals surface area (Å²) in [5.41, 5.74) is 0.663. The second-order valence-corrected chi connectivity index (χ2v) is 5.46. The van der Waals surface area contributed by atoms with Crippen molar-refractivity contribution in [3.8, 4) is 22.2 Å². The number of methoxy groups -OCH3 is 2. The van der Waals surface area contributed by atoms with Crippen molar-refractivity contribution >= 4 is 17.3 Å². The molecule has 0 spiro atoms. The van der Waals surface area contributed by atoms with Crippen LogP contribution in [0.5, 0.6) is 11.6 Å². The maximum atomic E-state index is 11.8. The van der Waals surface area contributed by atoms with E-state index in [1.54, 1.807) is 12.1 Å². The van der Waals surface area contributed by atoms with Crippen LogP contribution in [-0.4, -0.2) is 36.3 Å². The Kier molecular flexibility index (Phi) is 4.74. The number of hydrogen-bond donors (Lipinski definition) is 0. The highest BCUT2D eigenvalue weighted by atomic mass is 32.1. The third kappa shape index (κ3) is 3.49. The Balaban J connectivity index is 2.44. The number of hydrogen-bond acceptors (Lipinski definition) is 7. The molecule has 0 N–H and O–H groups in total. The van der Waals surface area contributed by atoms with E-state index < -0.39 is 5.97 Å². The van der Waals surface area contributed by atoms with Crippen molar-refractivity contribution in [2.45, 2.75) is 20.0 Å². The number of aromatic nitrogens is 2. The molecule has 2 aromatic heterocycles. The fourth-order valence-corrected chi connectivity index (χ4v) is 2.64. The zero-order chi connectivity index (χ0) is 15.4. The number of ether oxygens (including phenoxy) is 3. The molecular formula is C14H16N2O4S. The normalized spacial score (nSPS) is 10.5. The highest BCUT2D eigenvalue weighted by Gasteiger charge is 2.20. The van der Waals surface area contributed by atoms with E-state index in [1.807, 2.05) is 13.8 Å². The Morgan fingerprint density at radius 1 is 1.24 bits per heavy atom.